The number of hydrogen-bond acceptors (Lipinski definition) is 3. The van der Waals surface area contributed by atoms with E-state index in [1.165, 1.54) is 0 Å². The quantitative estimate of drug-likeness (QED) is 0.786. The van der Waals surface area contributed by atoms with Gasteiger partial charge in [0.15, 0.2) is 0 Å². The van der Waals surface area contributed by atoms with Crippen LogP contribution in [0.25, 0.3) is 0 Å². The van der Waals surface area contributed by atoms with Crippen molar-refractivity contribution in [3.05, 3.63) is 29.3 Å². The second kappa shape index (κ2) is 5.08. The highest BCUT2D eigenvalue weighted by molar-refractivity contribution is 6.05. The van der Waals surface area contributed by atoms with Gasteiger partial charge in [0.1, 0.15) is 5.60 Å². The van der Waals surface area contributed by atoms with Crippen molar-refractivity contribution in [1.82, 2.24) is 0 Å². The average molecular weight is 315 g/mol. The van der Waals surface area contributed by atoms with Gasteiger partial charge in [-0.1, -0.05) is 18.2 Å². The highest BCUT2D eigenvalue weighted by Gasteiger charge is 2.64. The molecule has 1 aromatic rings. The average Bonchev–Trinajstić information content (AvgIpc) is 2.56. The van der Waals surface area contributed by atoms with Crippen LogP contribution in [0.4, 0.5) is 5.69 Å². The number of benzene rings is 1. The molecular formula is C19H25NO3. The number of carbonyl (C=O) groups is 2. The normalized spacial score (nSPS) is 26.7. The van der Waals surface area contributed by atoms with Gasteiger partial charge in [0.25, 0.3) is 0 Å². The zero-order valence-corrected chi connectivity index (χ0v) is 14.6. The molecule has 1 saturated carbocycles. The zero-order valence-electron chi connectivity index (χ0n) is 14.6. The molecule has 1 heterocycles. The first-order chi connectivity index (χ1) is 10.7. The fraction of sp³-hybridized carbons (Fsp3) is 0.579. The van der Waals surface area contributed by atoms with Crippen LogP contribution in [0.2, 0.25) is 0 Å². The Morgan fingerprint density at radius 1 is 1.26 bits per heavy atom. The molecule has 1 aliphatic heterocycles. The predicted molar refractivity (Wildman–Crippen MR) is 89.3 cm³/mol. The summed E-state index contributed by atoms with van der Waals surface area (Å²) in [5, 5.41) is 0. The largest absolute Gasteiger partial charge is 0.459 e. The molecule has 0 N–H and O–H groups in total. The van der Waals surface area contributed by atoms with Crippen LogP contribution >= 0.6 is 0 Å². The van der Waals surface area contributed by atoms with E-state index in [-0.39, 0.29) is 17.8 Å². The van der Waals surface area contributed by atoms with E-state index in [9.17, 15) is 9.59 Å². The van der Waals surface area contributed by atoms with Gasteiger partial charge in [-0.05, 0) is 58.6 Å². The third kappa shape index (κ3) is 2.44. The standard InChI is InChI=1S/C19H25NO3/c1-12-7-6-8-13(2)15(12)20-11-19(10-9-14(19)16(20)21)17(22)23-18(3,4)5/h6-8,14H,9-11H2,1-5H3/t14-,19-/m1/s1. The van der Waals surface area contributed by atoms with Crippen molar-refractivity contribution in [2.75, 3.05) is 11.4 Å². The smallest absolute Gasteiger partial charge is 0.315 e. The summed E-state index contributed by atoms with van der Waals surface area (Å²) in [6.45, 7) is 10.1. The van der Waals surface area contributed by atoms with Gasteiger partial charge in [-0.15, -0.1) is 0 Å². The number of fused-ring (bicyclic) bond motifs is 1. The van der Waals surface area contributed by atoms with Gasteiger partial charge >= 0.3 is 5.97 Å². The van der Waals surface area contributed by atoms with E-state index in [4.69, 9.17) is 4.74 Å². The van der Waals surface area contributed by atoms with Crippen LogP contribution in [0.5, 0.6) is 0 Å². The molecule has 0 radical (unpaired) electrons. The maximum atomic E-state index is 12.9. The van der Waals surface area contributed by atoms with Gasteiger partial charge in [-0.25, -0.2) is 0 Å². The first kappa shape index (κ1) is 16.0. The van der Waals surface area contributed by atoms with Gasteiger partial charge in [-0.2, -0.15) is 0 Å². The van der Waals surface area contributed by atoms with Crippen LogP contribution in [0.15, 0.2) is 18.2 Å². The Morgan fingerprint density at radius 3 is 2.35 bits per heavy atom. The summed E-state index contributed by atoms with van der Waals surface area (Å²) in [6, 6.07) is 6.01. The van der Waals surface area contributed by atoms with Crippen molar-refractivity contribution in [2.24, 2.45) is 11.3 Å². The summed E-state index contributed by atoms with van der Waals surface area (Å²) < 4.78 is 5.62. The fourth-order valence-corrected chi connectivity index (χ4v) is 3.84. The number of amides is 1. The molecule has 2 fully saturated rings. The minimum Gasteiger partial charge on any atom is -0.459 e. The van der Waals surface area contributed by atoms with Gasteiger partial charge in [0.2, 0.25) is 5.91 Å². The van der Waals surface area contributed by atoms with E-state index in [1.54, 1.807) is 0 Å². The van der Waals surface area contributed by atoms with Gasteiger partial charge in [0, 0.05) is 12.2 Å². The molecule has 2 aliphatic rings. The number of ether oxygens (including phenoxy) is 1. The second-order valence-electron chi connectivity index (χ2n) is 7.91. The number of rotatable bonds is 2. The number of anilines is 1. The number of esters is 1. The molecule has 0 unspecified atom stereocenters. The molecule has 4 heteroatoms. The summed E-state index contributed by atoms with van der Waals surface area (Å²) >= 11 is 0. The minimum atomic E-state index is -0.654. The summed E-state index contributed by atoms with van der Waals surface area (Å²) in [5.41, 5.74) is 1.91. The number of hydrogen-bond donors (Lipinski definition) is 0. The number of carbonyl (C=O) groups excluding carboxylic acids is 2. The van der Waals surface area contributed by atoms with E-state index in [0.717, 1.165) is 29.7 Å². The number of aryl methyl sites for hydroxylation is 2. The molecule has 1 aliphatic carbocycles. The monoisotopic (exact) mass is 315 g/mol. The zero-order chi connectivity index (χ0) is 17.0. The first-order valence-corrected chi connectivity index (χ1v) is 8.27. The molecule has 2 atom stereocenters. The lowest BCUT2D eigenvalue weighted by Gasteiger charge is -2.41. The Kier molecular flexibility index (Phi) is 3.54. The van der Waals surface area contributed by atoms with Crippen molar-refractivity contribution < 1.29 is 14.3 Å². The highest BCUT2D eigenvalue weighted by atomic mass is 16.6. The fourth-order valence-electron chi connectivity index (χ4n) is 3.84. The van der Waals surface area contributed by atoms with Crippen LogP contribution in [0.1, 0.15) is 44.7 Å². The SMILES string of the molecule is Cc1cccc(C)c1N1C[C@]2(C(=O)OC(C)(C)C)CC[C@@H]2C1=O. The van der Waals surface area contributed by atoms with Crippen LogP contribution in [-0.4, -0.2) is 24.0 Å². The summed E-state index contributed by atoms with van der Waals surface area (Å²) in [6.07, 6.45) is 1.51. The van der Waals surface area contributed by atoms with E-state index in [1.807, 2.05) is 57.7 Å². The van der Waals surface area contributed by atoms with E-state index < -0.39 is 11.0 Å². The molecule has 1 amide bonds. The summed E-state index contributed by atoms with van der Waals surface area (Å²) in [4.78, 5) is 27.4. The molecule has 124 valence electrons. The summed E-state index contributed by atoms with van der Waals surface area (Å²) in [7, 11) is 0. The molecule has 1 aromatic carbocycles. The Balaban J connectivity index is 1.94. The Hall–Kier alpha value is -1.84. The molecule has 0 spiro atoms. The molecule has 23 heavy (non-hydrogen) atoms. The van der Waals surface area contributed by atoms with Crippen molar-refractivity contribution in [3.63, 3.8) is 0 Å². The van der Waals surface area contributed by atoms with Gasteiger partial charge in [0.05, 0.1) is 11.3 Å². The van der Waals surface area contributed by atoms with Crippen LogP contribution in [0, 0.1) is 25.2 Å². The predicted octanol–water partition coefficient (Wildman–Crippen LogP) is 3.39. The third-order valence-electron chi connectivity index (χ3n) is 5.07. The van der Waals surface area contributed by atoms with Crippen molar-refractivity contribution >= 4 is 17.6 Å². The molecule has 0 aromatic heterocycles. The lowest BCUT2D eigenvalue weighted by Crippen LogP contribution is -2.49. The maximum Gasteiger partial charge on any atom is 0.315 e. The third-order valence-corrected chi connectivity index (χ3v) is 5.07. The lowest BCUT2D eigenvalue weighted by molar-refractivity contribution is -0.177. The number of para-hydroxylation sites is 1. The maximum absolute atomic E-state index is 12.9. The summed E-state index contributed by atoms with van der Waals surface area (Å²) in [5.74, 6) is -0.376. The Morgan fingerprint density at radius 2 is 1.87 bits per heavy atom. The lowest BCUT2D eigenvalue weighted by atomic mass is 9.62. The van der Waals surface area contributed by atoms with E-state index in [2.05, 4.69) is 0 Å². The molecule has 4 nitrogen and oxygen atoms in total. The van der Waals surface area contributed by atoms with Crippen LogP contribution < -0.4 is 4.90 Å². The molecule has 1 saturated heterocycles. The van der Waals surface area contributed by atoms with Crippen molar-refractivity contribution in [1.29, 1.82) is 0 Å². The first-order valence-electron chi connectivity index (χ1n) is 8.27. The van der Waals surface area contributed by atoms with E-state index >= 15 is 0 Å². The number of nitrogens with zero attached hydrogens (tertiary/aromatic N) is 1. The van der Waals surface area contributed by atoms with Gasteiger partial charge in [-0.3, -0.25) is 9.59 Å². The minimum absolute atomic E-state index is 0.0690. The highest BCUT2D eigenvalue weighted by Crippen LogP contribution is 2.55. The molecule has 3 rings (SSSR count). The second-order valence-corrected chi connectivity index (χ2v) is 7.91. The Bertz CT molecular complexity index is 653. The van der Waals surface area contributed by atoms with E-state index in [0.29, 0.717) is 6.54 Å². The van der Waals surface area contributed by atoms with Crippen molar-refractivity contribution in [2.45, 2.75) is 53.1 Å². The molecule has 0 bridgehead atoms. The molecular weight excluding hydrogens is 290 g/mol. The topological polar surface area (TPSA) is 46.6 Å². The Labute approximate surface area is 137 Å². The van der Waals surface area contributed by atoms with Gasteiger partial charge < -0.3 is 9.64 Å². The van der Waals surface area contributed by atoms with Crippen molar-refractivity contribution in [3.8, 4) is 0 Å². The van der Waals surface area contributed by atoms with Crippen LogP contribution in [0.3, 0.4) is 0 Å². The van der Waals surface area contributed by atoms with Crippen LogP contribution in [-0.2, 0) is 14.3 Å².